The van der Waals surface area contributed by atoms with Gasteiger partial charge < -0.3 is 0 Å². The largest absolute Gasteiger partial charge is 0.286 e. The van der Waals surface area contributed by atoms with Crippen molar-refractivity contribution in [3.05, 3.63) is 0 Å². The van der Waals surface area contributed by atoms with Crippen LogP contribution in [0, 0.1) is 0 Å². The second-order valence-corrected chi connectivity index (χ2v) is 13.7. The van der Waals surface area contributed by atoms with E-state index in [0.717, 1.165) is 0 Å². The van der Waals surface area contributed by atoms with Crippen LogP contribution >= 0.6 is 0 Å². The Morgan fingerprint density at radius 1 is 0.636 bits per heavy atom. The van der Waals surface area contributed by atoms with Gasteiger partial charge in [0.2, 0.25) is 0 Å². The first-order valence-corrected chi connectivity index (χ1v) is 13.2. The van der Waals surface area contributed by atoms with Crippen molar-refractivity contribution in [2.45, 2.75) is 25.1 Å². The zero-order chi connectivity index (χ0) is 17.7. The van der Waals surface area contributed by atoms with Crippen LogP contribution < -0.4 is 0 Å². The van der Waals surface area contributed by atoms with Crippen molar-refractivity contribution in [3.63, 3.8) is 0 Å². The summed E-state index contributed by atoms with van der Waals surface area (Å²) in [6.45, 7) is 0. The van der Waals surface area contributed by atoms with Gasteiger partial charge in [0, 0.05) is 0 Å². The third-order valence-electron chi connectivity index (χ3n) is 3.25. The molecule has 4 unspecified atom stereocenters. The van der Waals surface area contributed by atoms with E-state index < -0.39 is 80.8 Å². The van der Waals surface area contributed by atoms with Gasteiger partial charge in [0.05, 0.1) is 9.36 Å². The maximum atomic E-state index is 11.3. The second kappa shape index (κ2) is 5.91. The van der Waals surface area contributed by atoms with Gasteiger partial charge in [-0.2, -0.15) is 25.3 Å². The highest BCUT2D eigenvalue weighted by Crippen LogP contribution is 2.33. The van der Waals surface area contributed by atoms with Crippen molar-refractivity contribution in [1.29, 1.82) is 0 Å². The average molecular weight is 418 g/mol. The van der Waals surface area contributed by atoms with E-state index >= 15 is 0 Å². The summed E-state index contributed by atoms with van der Waals surface area (Å²) in [6.07, 6.45) is 0. The lowest BCUT2D eigenvalue weighted by Crippen LogP contribution is -2.62. The minimum absolute atomic E-state index is 0.750. The van der Waals surface area contributed by atoms with Gasteiger partial charge in [-0.15, -0.1) is 0 Å². The summed E-state index contributed by atoms with van der Waals surface area (Å²) in [7, 11) is -21.3. The van der Waals surface area contributed by atoms with E-state index in [1.54, 1.807) is 0 Å². The Labute approximate surface area is 132 Å². The first-order valence-electron chi connectivity index (χ1n) is 5.32. The molecule has 1 aliphatic rings. The molecular formula is C5H11AlO12S4. The molecule has 22 heavy (non-hydrogen) atoms. The Hall–Kier alpha value is 0.172. The SMILES string of the molecule is O=S(=O)(O)C1[CH2][AlH][CH](S(=O)(=O)O)C(S(=O)(=O)O)C1S(=O)(=O)O. The van der Waals surface area contributed by atoms with Crippen molar-refractivity contribution in [1.82, 2.24) is 0 Å². The van der Waals surface area contributed by atoms with Crippen LogP contribution in [0.4, 0.5) is 0 Å². The van der Waals surface area contributed by atoms with Crippen molar-refractivity contribution >= 4 is 55.7 Å². The highest BCUT2D eigenvalue weighted by molar-refractivity contribution is 7.94. The Kier molecular flexibility index (Phi) is 5.43. The van der Waals surface area contributed by atoms with E-state index in [1.807, 2.05) is 0 Å². The van der Waals surface area contributed by atoms with Crippen molar-refractivity contribution in [2.24, 2.45) is 0 Å². The van der Waals surface area contributed by atoms with Crippen molar-refractivity contribution < 1.29 is 51.9 Å². The van der Waals surface area contributed by atoms with Gasteiger partial charge in [-0.3, -0.25) is 18.2 Å². The maximum Gasteiger partial charge on any atom is 0.272 e. The van der Waals surface area contributed by atoms with Crippen LogP contribution in [0.2, 0.25) is 5.28 Å². The fourth-order valence-electron chi connectivity index (χ4n) is 2.44. The fraction of sp³-hybridized carbons (Fsp3) is 1.00. The van der Waals surface area contributed by atoms with Crippen LogP contribution in [0.25, 0.3) is 0 Å². The molecule has 0 aromatic heterocycles. The van der Waals surface area contributed by atoms with E-state index in [9.17, 15) is 33.7 Å². The van der Waals surface area contributed by atoms with Gasteiger partial charge in [-0.25, -0.2) is 8.42 Å². The van der Waals surface area contributed by atoms with Crippen LogP contribution in [0.5, 0.6) is 0 Å². The number of hydrogen-bond acceptors (Lipinski definition) is 8. The molecule has 0 spiro atoms. The molecule has 1 aliphatic heterocycles. The summed E-state index contributed by atoms with van der Waals surface area (Å²) >= 11 is -2.32. The van der Waals surface area contributed by atoms with E-state index in [2.05, 4.69) is 0 Å². The zero-order valence-corrected chi connectivity index (χ0v) is 15.1. The Bertz CT molecular complexity index is 776. The predicted octanol–water partition coefficient (Wildman–Crippen LogP) is -3.16. The number of hydrogen-bond donors (Lipinski definition) is 4. The average Bonchev–Trinajstić information content (AvgIpc) is 2.22. The fourth-order valence-corrected chi connectivity index (χ4v) is 14.6. The molecule has 12 nitrogen and oxygen atoms in total. The predicted molar refractivity (Wildman–Crippen MR) is 73.3 cm³/mol. The van der Waals surface area contributed by atoms with Crippen molar-refractivity contribution in [2.75, 3.05) is 0 Å². The van der Waals surface area contributed by atoms with Gasteiger partial charge in [-0.1, -0.05) is 5.28 Å². The molecule has 1 saturated heterocycles. The van der Waals surface area contributed by atoms with E-state index in [4.69, 9.17) is 18.2 Å². The van der Waals surface area contributed by atoms with Gasteiger partial charge >= 0.3 is 0 Å². The van der Waals surface area contributed by atoms with Crippen LogP contribution in [-0.4, -0.2) is 87.0 Å². The van der Waals surface area contributed by atoms with Gasteiger partial charge in [0.15, 0.2) is 0 Å². The van der Waals surface area contributed by atoms with Gasteiger partial charge in [0.1, 0.15) is 10.5 Å². The van der Waals surface area contributed by atoms with Crippen LogP contribution in [0.3, 0.4) is 0 Å². The molecule has 0 bridgehead atoms. The summed E-state index contributed by atoms with van der Waals surface area (Å²) in [4.78, 5) is 0. The highest BCUT2D eigenvalue weighted by Gasteiger charge is 2.59. The molecule has 0 radical (unpaired) electrons. The first kappa shape index (κ1) is 20.2. The summed E-state index contributed by atoms with van der Waals surface area (Å²) in [5.74, 6) is 0. The molecule has 130 valence electrons. The molecule has 0 aliphatic carbocycles. The third kappa shape index (κ3) is 4.37. The monoisotopic (exact) mass is 418 g/mol. The summed E-state index contributed by atoms with van der Waals surface area (Å²) in [5.41, 5.74) is 0. The zero-order valence-electron chi connectivity index (χ0n) is 10.4. The smallest absolute Gasteiger partial charge is 0.272 e. The highest BCUT2D eigenvalue weighted by atomic mass is 32.2. The summed E-state index contributed by atoms with van der Waals surface area (Å²) < 4.78 is 124. The van der Waals surface area contributed by atoms with Gasteiger partial charge in [0.25, 0.3) is 55.7 Å². The van der Waals surface area contributed by atoms with Crippen LogP contribution in [0.15, 0.2) is 0 Å². The molecule has 1 heterocycles. The van der Waals surface area contributed by atoms with E-state index in [-0.39, 0.29) is 0 Å². The quantitative estimate of drug-likeness (QED) is 0.263. The molecule has 0 aromatic carbocycles. The standard InChI is InChI=1S/C5H10O12S4.Al.H/c1-3(19(9,10)11)5(21(15,16)17)4(20(12,13)14)2-18(6,7)8;;/h2-5H,1H2,(H,6,7,8)(H,9,10,11)(H,12,13,14)(H,15,16,17);;. The lowest BCUT2D eigenvalue weighted by Gasteiger charge is -2.35. The van der Waals surface area contributed by atoms with Gasteiger partial charge in [-0.05, 0) is 0 Å². The first-order chi connectivity index (χ1) is 9.47. The van der Waals surface area contributed by atoms with E-state index in [0.29, 0.717) is 0 Å². The lowest BCUT2D eigenvalue weighted by molar-refractivity contribution is 0.412. The van der Waals surface area contributed by atoms with Crippen LogP contribution in [0.1, 0.15) is 0 Å². The minimum atomic E-state index is -5.52. The van der Waals surface area contributed by atoms with E-state index in [1.165, 1.54) is 0 Å². The maximum absolute atomic E-state index is 11.3. The minimum Gasteiger partial charge on any atom is -0.286 e. The Balaban J connectivity index is 3.72. The van der Waals surface area contributed by atoms with Crippen molar-refractivity contribution in [3.8, 4) is 0 Å². The molecule has 0 saturated carbocycles. The molecule has 1 fully saturated rings. The molecule has 0 amide bonds. The molecule has 1 rings (SSSR count). The molecule has 17 heteroatoms. The molecule has 4 N–H and O–H groups in total. The topological polar surface area (TPSA) is 217 Å². The number of rotatable bonds is 4. The normalized spacial score (nSPS) is 31.5. The van der Waals surface area contributed by atoms with Crippen LogP contribution in [-0.2, 0) is 40.5 Å². The summed E-state index contributed by atoms with van der Waals surface area (Å²) in [5, 5.41) is -8.77. The Morgan fingerprint density at radius 2 is 1.05 bits per heavy atom. The third-order valence-corrected chi connectivity index (χ3v) is 13.5. The lowest BCUT2D eigenvalue weighted by atomic mass is 10.2. The Morgan fingerprint density at radius 3 is 1.32 bits per heavy atom. The molecule has 4 atom stereocenters. The second-order valence-electron chi connectivity index (χ2n) is 4.64. The molecular weight excluding hydrogens is 407 g/mol. The molecule has 0 aromatic rings. The summed E-state index contributed by atoms with van der Waals surface area (Å²) in [6, 6.07) is 0.